The molecular weight excluding hydrogens is 412 g/mol. The zero-order valence-electron chi connectivity index (χ0n) is 20.0. The van der Waals surface area contributed by atoms with Crippen LogP contribution >= 0.6 is 0 Å². The average Bonchev–Trinajstić information content (AvgIpc) is 2.77. The van der Waals surface area contributed by atoms with Gasteiger partial charge >= 0.3 is 5.97 Å². The highest BCUT2D eigenvalue weighted by atomic mass is 16.4. The SMILES string of the molecule is CC1C=CCC(C)(C)C1C(=O)CC(C)C(Cc1ccccc1)(C(=O)O)C(=O)c1ccccc1. The minimum absolute atomic E-state index is 0.0314. The van der Waals surface area contributed by atoms with Crippen molar-refractivity contribution in [1.82, 2.24) is 0 Å². The lowest BCUT2D eigenvalue weighted by molar-refractivity contribution is -0.149. The molecule has 33 heavy (non-hydrogen) atoms. The smallest absolute Gasteiger partial charge is 0.318 e. The lowest BCUT2D eigenvalue weighted by Gasteiger charge is -2.40. The van der Waals surface area contributed by atoms with E-state index >= 15 is 0 Å². The normalized spacial score (nSPS) is 22.2. The van der Waals surface area contributed by atoms with Crippen LogP contribution < -0.4 is 0 Å². The van der Waals surface area contributed by atoms with Gasteiger partial charge in [0.25, 0.3) is 0 Å². The molecular formula is C29H34O4. The van der Waals surface area contributed by atoms with Crippen LogP contribution in [0.4, 0.5) is 0 Å². The van der Waals surface area contributed by atoms with E-state index < -0.39 is 23.1 Å². The second-order valence-corrected chi connectivity index (χ2v) is 10.2. The lowest BCUT2D eigenvalue weighted by Crippen LogP contribution is -2.48. The fourth-order valence-corrected chi connectivity index (χ4v) is 5.49. The molecule has 0 bridgehead atoms. The molecule has 4 unspecified atom stereocenters. The Balaban J connectivity index is 2.02. The van der Waals surface area contributed by atoms with Crippen LogP contribution in [0.1, 0.15) is 56.5 Å². The lowest BCUT2D eigenvalue weighted by atomic mass is 9.61. The number of carbonyl (C=O) groups excluding carboxylic acids is 2. The van der Waals surface area contributed by atoms with Crippen LogP contribution in [-0.4, -0.2) is 22.6 Å². The van der Waals surface area contributed by atoms with Gasteiger partial charge in [-0.1, -0.05) is 101 Å². The fourth-order valence-electron chi connectivity index (χ4n) is 5.49. The molecule has 4 nitrogen and oxygen atoms in total. The molecule has 1 aliphatic rings. The zero-order valence-corrected chi connectivity index (χ0v) is 20.0. The second-order valence-electron chi connectivity index (χ2n) is 10.2. The highest BCUT2D eigenvalue weighted by molar-refractivity contribution is 6.12. The van der Waals surface area contributed by atoms with Crippen LogP contribution in [0.5, 0.6) is 0 Å². The van der Waals surface area contributed by atoms with Crippen LogP contribution in [0.3, 0.4) is 0 Å². The van der Waals surface area contributed by atoms with Gasteiger partial charge in [0.15, 0.2) is 5.78 Å². The Morgan fingerprint density at radius 2 is 1.61 bits per heavy atom. The summed E-state index contributed by atoms with van der Waals surface area (Å²) in [6, 6.07) is 17.8. The minimum Gasteiger partial charge on any atom is -0.480 e. The van der Waals surface area contributed by atoms with Gasteiger partial charge in [-0.2, -0.15) is 0 Å². The Bertz CT molecular complexity index is 1020. The van der Waals surface area contributed by atoms with Crippen molar-refractivity contribution in [2.45, 2.75) is 47.0 Å². The van der Waals surface area contributed by atoms with E-state index in [4.69, 9.17) is 0 Å². The van der Waals surface area contributed by atoms with Crippen molar-refractivity contribution < 1.29 is 19.5 Å². The summed E-state index contributed by atoms with van der Waals surface area (Å²) in [5.41, 5.74) is -0.835. The molecule has 2 aromatic rings. The molecule has 4 heteroatoms. The summed E-state index contributed by atoms with van der Waals surface area (Å²) >= 11 is 0. The van der Waals surface area contributed by atoms with Crippen molar-refractivity contribution in [3.05, 3.63) is 83.9 Å². The largest absolute Gasteiger partial charge is 0.480 e. The van der Waals surface area contributed by atoms with Crippen molar-refractivity contribution in [3.63, 3.8) is 0 Å². The van der Waals surface area contributed by atoms with Crippen molar-refractivity contribution >= 4 is 17.5 Å². The van der Waals surface area contributed by atoms with E-state index in [9.17, 15) is 19.5 Å². The zero-order chi connectivity index (χ0) is 24.2. The Labute approximate surface area is 196 Å². The summed E-state index contributed by atoms with van der Waals surface area (Å²) in [7, 11) is 0. The quantitative estimate of drug-likeness (QED) is 0.291. The topological polar surface area (TPSA) is 71.4 Å². The molecule has 1 aliphatic carbocycles. The maximum Gasteiger partial charge on any atom is 0.318 e. The van der Waals surface area contributed by atoms with Crippen LogP contribution in [0.25, 0.3) is 0 Å². The molecule has 0 heterocycles. The van der Waals surface area contributed by atoms with Crippen molar-refractivity contribution in [2.75, 3.05) is 0 Å². The predicted molar refractivity (Wildman–Crippen MR) is 130 cm³/mol. The highest BCUT2D eigenvalue weighted by Crippen LogP contribution is 2.44. The molecule has 0 aromatic heterocycles. The first-order valence-corrected chi connectivity index (χ1v) is 11.7. The predicted octanol–water partition coefficient (Wildman–Crippen LogP) is 6.02. The van der Waals surface area contributed by atoms with Gasteiger partial charge in [-0.3, -0.25) is 14.4 Å². The molecule has 0 saturated heterocycles. The summed E-state index contributed by atoms with van der Waals surface area (Å²) in [6.07, 6.45) is 5.08. The highest BCUT2D eigenvalue weighted by Gasteiger charge is 2.52. The third-order valence-electron chi connectivity index (χ3n) is 7.30. The first kappa shape index (κ1) is 24.6. The molecule has 0 saturated carbocycles. The number of ketones is 2. The first-order valence-electron chi connectivity index (χ1n) is 11.7. The molecule has 0 radical (unpaired) electrons. The average molecular weight is 447 g/mol. The summed E-state index contributed by atoms with van der Waals surface area (Å²) in [6.45, 7) is 7.95. The van der Waals surface area contributed by atoms with E-state index in [1.165, 1.54) is 0 Å². The van der Waals surface area contributed by atoms with E-state index in [2.05, 4.69) is 26.0 Å². The van der Waals surface area contributed by atoms with Crippen LogP contribution in [0.2, 0.25) is 0 Å². The van der Waals surface area contributed by atoms with Gasteiger partial charge in [-0.15, -0.1) is 0 Å². The molecule has 1 N–H and O–H groups in total. The monoisotopic (exact) mass is 446 g/mol. The second kappa shape index (κ2) is 9.86. The Hall–Kier alpha value is -3.01. The first-order chi connectivity index (χ1) is 15.6. The molecule has 0 spiro atoms. The third kappa shape index (κ3) is 5.00. The van der Waals surface area contributed by atoms with E-state index in [1.807, 2.05) is 37.3 Å². The van der Waals surface area contributed by atoms with E-state index in [0.717, 1.165) is 12.0 Å². The number of carboxylic acids is 1. The number of carbonyl (C=O) groups is 3. The number of rotatable bonds is 9. The van der Waals surface area contributed by atoms with Gasteiger partial charge in [0, 0.05) is 17.9 Å². The maximum absolute atomic E-state index is 13.8. The number of Topliss-reactive ketones (excluding diaryl/α,β-unsaturated/α-hetero) is 2. The fraction of sp³-hybridized carbons (Fsp3) is 0.414. The molecule has 0 fully saturated rings. The van der Waals surface area contributed by atoms with Crippen LogP contribution in [-0.2, 0) is 16.0 Å². The molecule has 2 aromatic carbocycles. The summed E-state index contributed by atoms with van der Waals surface area (Å²) in [5, 5.41) is 10.5. The van der Waals surface area contributed by atoms with Gasteiger partial charge in [0.05, 0.1) is 0 Å². The molecule has 0 amide bonds. The number of hydrogen-bond acceptors (Lipinski definition) is 3. The van der Waals surface area contributed by atoms with Crippen molar-refractivity contribution in [2.24, 2.45) is 28.6 Å². The molecule has 4 atom stereocenters. The summed E-state index contributed by atoms with van der Waals surface area (Å²) in [4.78, 5) is 40.3. The number of benzene rings is 2. The summed E-state index contributed by atoms with van der Waals surface area (Å²) in [5.74, 6) is -2.41. The number of aliphatic carboxylic acids is 1. The number of allylic oxidation sites excluding steroid dienone is 2. The van der Waals surface area contributed by atoms with Crippen molar-refractivity contribution in [3.8, 4) is 0 Å². The number of carboxylic acid groups (broad SMARTS) is 1. The van der Waals surface area contributed by atoms with Gasteiger partial charge in [-0.05, 0) is 35.7 Å². The third-order valence-corrected chi connectivity index (χ3v) is 7.30. The maximum atomic E-state index is 13.8. The molecule has 3 rings (SSSR count). The molecule has 0 aliphatic heterocycles. The Morgan fingerprint density at radius 1 is 1.03 bits per heavy atom. The van der Waals surface area contributed by atoms with Gasteiger partial charge in [-0.25, -0.2) is 0 Å². The van der Waals surface area contributed by atoms with Gasteiger partial charge < -0.3 is 5.11 Å². The standard InChI is InChI=1S/C29H34O4/c1-20-12-11-17-28(3,4)25(20)24(30)18-21(2)29(27(32)33,19-22-13-7-5-8-14-22)26(31)23-15-9-6-10-16-23/h5-16,20-21,25H,17-19H2,1-4H3,(H,32,33). The van der Waals surface area contributed by atoms with E-state index in [-0.39, 0.29) is 35.9 Å². The molecule has 174 valence electrons. The van der Waals surface area contributed by atoms with E-state index in [1.54, 1.807) is 37.3 Å². The van der Waals surface area contributed by atoms with Crippen LogP contribution in [0, 0.1) is 28.6 Å². The van der Waals surface area contributed by atoms with E-state index in [0.29, 0.717) is 5.56 Å². The Kier molecular flexibility index (Phi) is 7.36. The van der Waals surface area contributed by atoms with Crippen LogP contribution in [0.15, 0.2) is 72.8 Å². The Morgan fingerprint density at radius 3 is 2.15 bits per heavy atom. The minimum atomic E-state index is -1.74. The summed E-state index contributed by atoms with van der Waals surface area (Å²) < 4.78 is 0. The van der Waals surface area contributed by atoms with Gasteiger partial charge in [0.2, 0.25) is 0 Å². The van der Waals surface area contributed by atoms with Crippen molar-refractivity contribution in [1.29, 1.82) is 0 Å². The number of hydrogen-bond donors (Lipinski definition) is 1. The van der Waals surface area contributed by atoms with Gasteiger partial charge in [0.1, 0.15) is 11.2 Å².